The van der Waals surface area contributed by atoms with Gasteiger partial charge in [0.1, 0.15) is 0 Å². The number of nitrogens with two attached hydrogens (primary N) is 1. The lowest BCUT2D eigenvalue weighted by Gasteiger charge is -2.10. The lowest BCUT2D eigenvalue weighted by Crippen LogP contribution is -2.22. The molecular weight excluding hydrogens is 262 g/mol. The maximum Gasteiger partial charge on any atom is 0.00796 e. The third-order valence-electron chi connectivity index (χ3n) is 4.01. The molecule has 0 fully saturated rings. The first-order chi connectivity index (χ1) is 9.83. The fourth-order valence-corrected chi connectivity index (χ4v) is 3.39. The molecule has 1 aromatic heterocycles. The first kappa shape index (κ1) is 17.7. The molecule has 0 radical (unpaired) electrons. The number of unbranched alkanes of at least 4 members (excludes halogenated alkanes) is 9. The minimum Gasteiger partial charge on any atom is -0.327 e. The van der Waals surface area contributed by atoms with Gasteiger partial charge in [0, 0.05) is 6.04 Å². The van der Waals surface area contributed by atoms with Gasteiger partial charge in [-0.05, 0) is 35.2 Å². The van der Waals surface area contributed by atoms with Crippen LogP contribution in [0.25, 0.3) is 0 Å². The number of rotatable bonds is 13. The quantitative estimate of drug-likeness (QED) is 0.448. The van der Waals surface area contributed by atoms with Crippen LogP contribution in [-0.4, -0.2) is 6.04 Å². The fraction of sp³-hybridized carbons (Fsp3) is 0.778. The van der Waals surface area contributed by atoms with Crippen LogP contribution in [0.5, 0.6) is 0 Å². The maximum atomic E-state index is 6.18. The molecule has 0 aromatic carbocycles. The third kappa shape index (κ3) is 9.55. The Morgan fingerprint density at radius 3 is 2.10 bits per heavy atom. The van der Waals surface area contributed by atoms with Crippen LogP contribution in [-0.2, 0) is 6.42 Å². The summed E-state index contributed by atoms with van der Waals surface area (Å²) in [5.41, 5.74) is 7.59. The topological polar surface area (TPSA) is 26.0 Å². The van der Waals surface area contributed by atoms with E-state index in [1.807, 2.05) is 0 Å². The highest BCUT2D eigenvalue weighted by Gasteiger charge is 2.04. The number of thiophene rings is 1. The lowest BCUT2D eigenvalue weighted by atomic mass is 10.0. The Kier molecular flexibility index (Phi) is 11.0. The molecule has 1 nitrogen and oxygen atoms in total. The SMILES string of the molecule is CCCCCCCCCCCCC(N)Cc1ccsc1. The highest BCUT2D eigenvalue weighted by molar-refractivity contribution is 7.07. The van der Waals surface area contributed by atoms with E-state index >= 15 is 0 Å². The van der Waals surface area contributed by atoms with Crippen LogP contribution in [0.1, 0.15) is 83.1 Å². The van der Waals surface area contributed by atoms with E-state index in [9.17, 15) is 0 Å². The molecule has 0 spiro atoms. The van der Waals surface area contributed by atoms with E-state index in [-0.39, 0.29) is 0 Å². The first-order valence-corrected chi connectivity index (χ1v) is 9.54. The Hall–Kier alpha value is -0.340. The molecule has 1 atom stereocenters. The van der Waals surface area contributed by atoms with Crippen molar-refractivity contribution in [2.45, 2.75) is 90.0 Å². The molecule has 0 saturated heterocycles. The molecule has 0 bridgehead atoms. The van der Waals surface area contributed by atoms with Crippen molar-refractivity contribution >= 4 is 11.3 Å². The largest absolute Gasteiger partial charge is 0.327 e. The third-order valence-corrected chi connectivity index (χ3v) is 4.74. The van der Waals surface area contributed by atoms with Gasteiger partial charge < -0.3 is 5.73 Å². The van der Waals surface area contributed by atoms with Crippen LogP contribution in [0.4, 0.5) is 0 Å². The summed E-state index contributed by atoms with van der Waals surface area (Å²) in [7, 11) is 0. The molecule has 0 saturated carbocycles. The smallest absolute Gasteiger partial charge is 0.00796 e. The predicted octanol–water partition coefficient (Wildman–Crippen LogP) is 5.93. The summed E-state index contributed by atoms with van der Waals surface area (Å²) in [5.74, 6) is 0. The normalized spacial score (nSPS) is 12.7. The second kappa shape index (κ2) is 12.4. The zero-order valence-electron chi connectivity index (χ0n) is 13.3. The van der Waals surface area contributed by atoms with Crippen molar-refractivity contribution in [1.29, 1.82) is 0 Å². The molecule has 1 heterocycles. The molecule has 0 aliphatic rings. The molecule has 20 heavy (non-hydrogen) atoms. The minimum absolute atomic E-state index is 0.360. The second-order valence-corrected chi connectivity index (χ2v) is 6.85. The molecule has 1 unspecified atom stereocenters. The van der Waals surface area contributed by atoms with Gasteiger partial charge in [0.05, 0.1) is 0 Å². The Morgan fingerprint density at radius 2 is 1.55 bits per heavy atom. The van der Waals surface area contributed by atoms with Crippen molar-refractivity contribution in [2.75, 3.05) is 0 Å². The zero-order valence-corrected chi connectivity index (χ0v) is 14.1. The van der Waals surface area contributed by atoms with E-state index in [1.54, 1.807) is 11.3 Å². The number of hydrogen-bond acceptors (Lipinski definition) is 2. The Bertz CT molecular complexity index is 294. The zero-order chi connectivity index (χ0) is 14.5. The average Bonchev–Trinajstić information content (AvgIpc) is 2.93. The van der Waals surface area contributed by atoms with E-state index in [0.29, 0.717) is 6.04 Å². The standard InChI is InChI=1S/C18H33NS/c1-2-3-4-5-6-7-8-9-10-11-12-18(19)15-17-13-14-20-16-17/h13-14,16,18H,2-12,15,19H2,1H3. The second-order valence-electron chi connectivity index (χ2n) is 6.07. The molecule has 0 aliphatic carbocycles. The van der Waals surface area contributed by atoms with Gasteiger partial charge in [0.15, 0.2) is 0 Å². The van der Waals surface area contributed by atoms with Gasteiger partial charge >= 0.3 is 0 Å². The Labute approximate surface area is 130 Å². The minimum atomic E-state index is 0.360. The molecule has 0 amide bonds. The summed E-state index contributed by atoms with van der Waals surface area (Å²) in [6, 6.07) is 2.56. The van der Waals surface area contributed by atoms with Crippen molar-refractivity contribution in [1.82, 2.24) is 0 Å². The van der Waals surface area contributed by atoms with Gasteiger partial charge in [-0.3, -0.25) is 0 Å². The van der Waals surface area contributed by atoms with Crippen LogP contribution in [0, 0.1) is 0 Å². The van der Waals surface area contributed by atoms with Crippen molar-refractivity contribution in [3.05, 3.63) is 22.4 Å². The average molecular weight is 296 g/mol. The monoisotopic (exact) mass is 295 g/mol. The molecule has 2 N–H and O–H groups in total. The van der Waals surface area contributed by atoms with Crippen molar-refractivity contribution in [3.8, 4) is 0 Å². The summed E-state index contributed by atoms with van der Waals surface area (Å²) in [6.07, 6.45) is 16.3. The molecule has 0 aliphatic heterocycles. The predicted molar refractivity (Wildman–Crippen MR) is 92.5 cm³/mol. The van der Waals surface area contributed by atoms with Gasteiger partial charge in [0.2, 0.25) is 0 Å². The highest BCUT2D eigenvalue weighted by Crippen LogP contribution is 2.14. The van der Waals surface area contributed by atoms with Crippen LogP contribution in [0.2, 0.25) is 0 Å². The molecule has 1 rings (SSSR count). The molecule has 2 heteroatoms. The van der Waals surface area contributed by atoms with Crippen LogP contribution in [0.3, 0.4) is 0 Å². The van der Waals surface area contributed by atoms with Gasteiger partial charge in [-0.25, -0.2) is 0 Å². The number of hydrogen-bond donors (Lipinski definition) is 1. The molecule has 116 valence electrons. The van der Waals surface area contributed by atoms with Gasteiger partial charge in [-0.2, -0.15) is 11.3 Å². The highest BCUT2D eigenvalue weighted by atomic mass is 32.1. The maximum absolute atomic E-state index is 6.18. The van der Waals surface area contributed by atoms with Crippen LogP contribution < -0.4 is 5.73 Å². The van der Waals surface area contributed by atoms with Crippen LogP contribution in [0.15, 0.2) is 16.8 Å². The molecular formula is C18H33NS. The Morgan fingerprint density at radius 1 is 0.950 bits per heavy atom. The van der Waals surface area contributed by atoms with E-state index < -0.39 is 0 Å². The van der Waals surface area contributed by atoms with Crippen molar-refractivity contribution in [2.24, 2.45) is 5.73 Å². The van der Waals surface area contributed by atoms with Gasteiger partial charge in [-0.15, -0.1) is 0 Å². The fourth-order valence-electron chi connectivity index (χ4n) is 2.71. The summed E-state index contributed by atoms with van der Waals surface area (Å²) in [6.45, 7) is 2.28. The van der Waals surface area contributed by atoms with E-state index in [4.69, 9.17) is 5.73 Å². The molecule has 1 aromatic rings. The van der Waals surface area contributed by atoms with E-state index in [1.165, 1.54) is 76.2 Å². The van der Waals surface area contributed by atoms with E-state index in [0.717, 1.165) is 6.42 Å². The first-order valence-electron chi connectivity index (χ1n) is 8.59. The van der Waals surface area contributed by atoms with Gasteiger partial charge in [-0.1, -0.05) is 71.1 Å². The summed E-state index contributed by atoms with van der Waals surface area (Å²) in [5, 5.41) is 4.36. The van der Waals surface area contributed by atoms with Crippen LogP contribution >= 0.6 is 11.3 Å². The van der Waals surface area contributed by atoms with Gasteiger partial charge in [0.25, 0.3) is 0 Å². The van der Waals surface area contributed by atoms with Crippen molar-refractivity contribution in [3.63, 3.8) is 0 Å². The lowest BCUT2D eigenvalue weighted by molar-refractivity contribution is 0.520. The Balaban J connectivity index is 1.82. The summed E-state index contributed by atoms with van der Waals surface area (Å²) in [4.78, 5) is 0. The van der Waals surface area contributed by atoms with E-state index in [2.05, 4.69) is 23.8 Å². The summed E-state index contributed by atoms with van der Waals surface area (Å²) < 4.78 is 0. The summed E-state index contributed by atoms with van der Waals surface area (Å²) >= 11 is 1.77. The van der Waals surface area contributed by atoms with Crippen molar-refractivity contribution < 1.29 is 0 Å².